The number of aryl methyl sites for hydroxylation is 2. The van der Waals surface area contributed by atoms with Crippen molar-refractivity contribution in [3.8, 4) is 11.7 Å². The van der Waals surface area contributed by atoms with Gasteiger partial charge in [0.15, 0.2) is 11.3 Å². The third kappa shape index (κ3) is 4.93. The molecule has 6 rings (SSSR count). The minimum absolute atomic E-state index is 0.0934. The summed E-state index contributed by atoms with van der Waals surface area (Å²) in [5, 5.41) is 2.05. The van der Waals surface area contributed by atoms with E-state index in [0.29, 0.717) is 49.9 Å². The number of rotatable bonds is 6. The molecule has 10 heteroatoms. The van der Waals surface area contributed by atoms with E-state index in [1.807, 2.05) is 50.2 Å². The van der Waals surface area contributed by atoms with Crippen LogP contribution in [0.15, 0.2) is 53.8 Å². The second kappa shape index (κ2) is 10.9. The molecule has 41 heavy (non-hydrogen) atoms. The summed E-state index contributed by atoms with van der Waals surface area (Å²) < 4.78 is 7.80. The fourth-order valence-electron chi connectivity index (χ4n) is 6.03. The lowest BCUT2D eigenvalue weighted by Gasteiger charge is -2.35. The fraction of sp³-hybridized carbons (Fsp3) is 0.387. The number of anilines is 1. The minimum atomic E-state index is -0.268. The molecule has 0 radical (unpaired) electrons. The van der Waals surface area contributed by atoms with E-state index in [9.17, 15) is 9.59 Å². The van der Waals surface area contributed by atoms with Gasteiger partial charge in [0.05, 0.1) is 5.69 Å². The maximum atomic E-state index is 14.3. The number of carbonyl (C=O) groups excluding carboxylic acids is 1. The van der Waals surface area contributed by atoms with Crippen LogP contribution < -0.4 is 15.2 Å². The van der Waals surface area contributed by atoms with Gasteiger partial charge in [-0.25, -0.2) is 4.98 Å². The molecule has 0 saturated carbocycles. The molecule has 2 aliphatic heterocycles. The summed E-state index contributed by atoms with van der Waals surface area (Å²) in [4.78, 5) is 46.9. The molecular weight excluding hydrogens is 518 g/mol. The van der Waals surface area contributed by atoms with Crippen molar-refractivity contribution in [1.82, 2.24) is 29.3 Å². The average molecular weight is 554 g/mol. The van der Waals surface area contributed by atoms with Crippen molar-refractivity contribution < 1.29 is 9.53 Å². The molecule has 4 aromatic rings. The van der Waals surface area contributed by atoms with Crippen LogP contribution in [0.1, 0.15) is 24.2 Å². The van der Waals surface area contributed by atoms with Crippen molar-refractivity contribution in [2.24, 2.45) is 0 Å². The molecule has 0 spiro atoms. The maximum Gasteiger partial charge on any atom is 0.319 e. The highest BCUT2D eigenvalue weighted by molar-refractivity contribution is 5.94. The van der Waals surface area contributed by atoms with E-state index in [1.165, 1.54) is 6.08 Å². The van der Waals surface area contributed by atoms with E-state index in [0.717, 1.165) is 41.4 Å². The highest BCUT2D eigenvalue weighted by Gasteiger charge is 2.27. The van der Waals surface area contributed by atoms with E-state index in [1.54, 1.807) is 9.47 Å². The molecule has 212 valence electrons. The molecule has 2 fully saturated rings. The van der Waals surface area contributed by atoms with E-state index < -0.39 is 0 Å². The zero-order chi connectivity index (χ0) is 28.7. The Labute approximate surface area is 238 Å². The summed E-state index contributed by atoms with van der Waals surface area (Å²) in [5.41, 5.74) is 2.23. The van der Waals surface area contributed by atoms with Crippen molar-refractivity contribution in [2.75, 3.05) is 51.3 Å². The van der Waals surface area contributed by atoms with Crippen molar-refractivity contribution in [1.29, 1.82) is 0 Å². The van der Waals surface area contributed by atoms with Gasteiger partial charge < -0.3 is 19.4 Å². The predicted molar refractivity (Wildman–Crippen MR) is 160 cm³/mol. The molecule has 2 aromatic heterocycles. The van der Waals surface area contributed by atoms with Crippen LogP contribution in [-0.2, 0) is 4.79 Å². The Bertz CT molecular complexity index is 1700. The molecular formula is C31H35N7O3. The normalized spacial score (nSPS) is 17.9. The Morgan fingerprint density at radius 2 is 1.78 bits per heavy atom. The molecule has 2 aromatic carbocycles. The molecule has 1 amide bonds. The number of aromatic nitrogens is 4. The zero-order valence-electron chi connectivity index (χ0n) is 23.8. The number of amides is 1. The van der Waals surface area contributed by atoms with Gasteiger partial charge in [0.1, 0.15) is 17.9 Å². The third-order valence-electron chi connectivity index (χ3n) is 8.32. The van der Waals surface area contributed by atoms with Crippen LogP contribution in [0.5, 0.6) is 6.01 Å². The van der Waals surface area contributed by atoms with Crippen molar-refractivity contribution in [3.05, 3.63) is 70.8 Å². The molecule has 0 bridgehead atoms. The standard InChI is InChI=1S/C31H35N7O3/c1-5-25(39)36-15-17-37(18-16-36)29-27-28(33-31(34-29)41-19-23-12-8-14-35(23)4)30(40)38(21(3)32-27)24-13-7-11-22-10-6-9-20(2)26(22)24/h5-7,9-11,13,23H,1,8,12,14-19H2,2-4H3. The maximum absolute atomic E-state index is 14.3. The van der Waals surface area contributed by atoms with Gasteiger partial charge in [0, 0.05) is 37.6 Å². The van der Waals surface area contributed by atoms with Crippen LogP contribution in [0.4, 0.5) is 5.82 Å². The minimum Gasteiger partial charge on any atom is -0.462 e. The first-order chi connectivity index (χ1) is 19.9. The molecule has 1 atom stereocenters. The van der Waals surface area contributed by atoms with Crippen LogP contribution in [0.2, 0.25) is 0 Å². The van der Waals surface area contributed by atoms with Gasteiger partial charge >= 0.3 is 6.01 Å². The van der Waals surface area contributed by atoms with Crippen LogP contribution in [-0.4, -0.2) is 87.6 Å². The molecule has 10 nitrogen and oxygen atoms in total. The number of likely N-dealkylation sites (tertiary alicyclic amines) is 1. The quantitative estimate of drug-likeness (QED) is 0.336. The summed E-state index contributed by atoms with van der Waals surface area (Å²) >= 11 is 0. The lowest BCUT2D eigenvalue weighted by atomic mass is 10.0. The summed E-state index contributed by atoms with van der Waals surface area (Å²) in [7, 11) is 2.09. The van der Waals surface area contributed by atoms with E-state index in [2.05, 4.69) is 28.4 Å². The number of nitrogens with zero attached hydrogens (tertiary/aromatic N) is 7. The lowest BCUT2D eigenvalue weighted by Crippen LogP contribution is -2.48. The van der Waals surface area contributed by atoms with Crippen LogP contribution >= 0.6 is 0 Å². The van der Waals surface area contributed by atoms with Crippen LogP contribution in [0.3, 0.4) is 0 Å². The number of hydrogen-bond acceptors (Lipinski definition) is 8. The largest absolute Gasteiger partial charge is 0.462 e. The smallest absolute Gasteiger partial charge is 0.319 e. The summed E-state index contributed by atoms with van der Waals surface area (Å²) in [5.74, 6) is 1.01. The highest BCUT2D eigenvalue weighted by Crippen LogP contribution is 2.29. The molecule has 0 aliphatic carbocycles. The Kier molecular flexibility index (Phi) is 7.17. The van der Waals surface area contributed by atoms with Gasteiger partial charge in [-0.3, -0.25) is 14.2 Å². The number of likely N-dealkylation sites (N-methyl/N-ethyl adjacent to an activating group) is 1. The zero-order valence-corrected chi connectivity index (χ0v) is 23.8. The van der Waals surface area contributed by atoms with Crippen LogP contribution in [0.25, 0.3) is 27.5 Å². The van der Waals surface area contributed by atoms with Gasteiger partial charge in [0.25, 0.3) is 5.56 Å². The Balaban J connectivity index is 1.48. The Morgan fingerprint density at radius 1 is 1.02 bits per heavy atom. The first-order valence-electron chi connectivity index (χ1n) is 14.1. The second-order valence-corrected chi connectivity index (χ2v) is 10.9. The number of hydrogen-bond donors (Lipinski definition) is 0. The molecule has 2 aliphatic rings. The van der Waals surface area contributed by atoms with E-state index in [4.69, 9.17) is 14.7 Å². The molecule has 2 saturated heterocycles. The van der Waals surface area contributed by atoms with Crippen molar-refractivity contribution in [2.45, 2.75) is 32.7 Å². The average Bonchev–Trinajstić information content (AvgIpc) is 3.40. The SMILES string of the molecule is C=CC(=O)N1CCN(c2nc(OCC3CCCN3C)nc3c(=O)n(-c4cccc5cccc(C)c45)c(C)nc23)CC1. The van der Waals surface area contributed by atoms with Crippen LogP contribution in [0, 0.1) is 13.8 Å². The van der Waals surface area contributed by atoms with Crippen molar-refractivity contribution >= 4 is 33.5 Å². The monoisotopic (exact) mass is 553 g/mol. The number of ether oxygens (including phenoxy) is 1. The van der Waals surface area contributed by atoms with Gasteiger partial charge in [-0.1, -0.05) is 36.9 Å². The number of piperazine rings is 1. The van der Waals surface area contributed by atoms with Gasteiger partial charge in [-0.05, 0) is 63.4 Å². The summed E-state index contributed by atoms with van der Waals surface area (Å²) in [6.07, 6.45) is 3.51. The third-order valence-corrected chi connectivity index (χ3v) is 8.32. The number of fused-ring (bicyclic) bond motifs is 2. The van der Waals surface area contributed by atoms with Gasteiger partial charge in [-0.2, -0.15) is 9.97 Å². The summed E-state index contributed by atoms with van der Waals surface area (Å²) in [6, 6.07) is 12.5. The molecule has 1 unspecified atom stereocenters. The molecule has 0 N–H and O–H groups in total. The summed E-state index contributed by atoms with van der Waals surface area (Å²) in [6.45, 7) is 11.1. The second-order valence-electron chi connectivity index (χ2n) is 10.9. The van der Waals surface area contributed by atoms with E-state index >= 15 is 0 Å². The first-order valence-corrected chi connectivity index (χ1v) is 14.1. The first kappa shape index (κ1) is 26.9. The highest BCUT2D eigenvalue weighted by atomic mass is 16.5. The van der Waals surface area contributed by atoms with E-state index in [-0.39, 0.29) is 29.0 Å². The van der Waals surface area contributed by atoms with Gasteiger partial charge in [0.2, 0.25) is 5.91 Å². The van der Waals surface area contributed by atoms with Crippen molar-refractivity contribution in [3.63, 3.8) is 0 Å². The lowest BCUT2D eigenvalue weighted by molar-refractivity contribution is -0.126. The molecule has 4 heterocycles. The Hall–Kier alpha value is -4.31. The topological polar surface area (TPSA) is 96.7 Å². The van der Waals surface area contributed by atoms with Gasteiger partial charge in [-0.15, -0.1) is 0 Å². The fourth-order valence-corrected chi connectivity index (χ4v) is 6.03. The predicted octanol–water partition coefficient (Wildman–Crippen LogP) is 3.25. The Morgan fingerprint density at radius 3 is 2.49 bits per heavy atom. The number of benzene rings is 2. The number of carbonyl (C=O) groups is 1.